The monoisotopic (exact) mass is 198 g/mol. The van der Waals surface area contributed by atoms with Gasteiger partial charge in [0.2, 0.25) is 0 Å². The molecule has 0 aliphatic rings. The highest BCUT2D eigenvalue weighted by molar-refractivity contribution is 7.81. The molecule has 0 aromatic heterocycles. The lowest BCUT2D eigenvalue weighted by molar-refractivity contribution is -0.133. The molecule has 0 fully saturated rings. The number of aliphatic hydroxyl groups excluding tert-OH is 2. The Hall–Kier alpha value is -0.300. The van der Waals surface area contributed by atoms with Crippen molar-refractivity contribution in [2.24, 2.45) is 0 Å². The molecule has 0 saturated heterocycles. The highest BCUT2D eigenvalue weighted by Crippen LogP contribution is 1.68. The standard InChI is InChI=1S/C4H10O3.C2H4O2S/c5-1-3-7-4-2-6;3-2(4)1-5/h5-6H,1-4H2;5H,1H2,(H,3,4). The minimum absolute atomic E-state index is 0.0278. The van der Waals surface area contributed by atoms with Gasteiger partial charge < -0.3 is 20.1 Å². The minimum Gasteiger partial charge on any atom is -0.481 e. The second-order valence-electron chi connectivity index (χ2n) is 1.61. The first-order chi connectivity index (χ1) is 5.68. The quantitative estimate of drug-likeness (QED) is 0.336. The lowest BCUT2D eigenvalue weighted by Crippen LogP contribution is -2.03. The van der Waals surface area contributed by atoms with E-state index in [1.807, 2.05) is 0 Å². The van der Waals surface area contributed by atoms with Crippen LogP contribution >= 0.6 is 12.6 Å². The molecular weight excluding hydrogens is 184 g/mol. The summed E-state index contributed by atoms with van der Waals surface area (Å²) < 4.78 is 4.63. The first-order valence-corrected chi connectivity index (χ1v) is 3.94. The Labute approximate surface area is 76.4 Å². The summed E-state index contributed by atoms with van der Waals surface area (Å²) in [6.07, 6.45) is 0. The van der Waals surface area contributed by atoms with Gasteiger partial charge in [0.25, 0.3) is 0 Å². The van der Waals surface area contributed by atoms with E-state index in [0.29, 0.717) is 13.2 Å². The number of rotatable bonds is 5. The molecule has 0 radical (unpaired) electrons. The molecule has 0 bridgehead atoms. The molecule has 0 spiro atoms. The lowest BCUT2D eigenvalue weighted by atomic mass is 10.7. The molecule has 6 heteroatoms. The molecule has 0 saturated carbocycles. The smallest absolute Gasteiger partial charge is 0.313 e. The van der Waals surface area contributed by atoms with Gasteiger partial charge in [0.05, 0.1) is 32.2 Å². The largest absolute Gasteiger partial charge is 0.481 e. The minimum atomic E-state index is -0.881. The maximum atomic E-state index is 9.29. The van der Waals surface area contributed by atoms with Crippen LogP contribution in [0.3, 0.4) is 0 Å². The zero-order valence-corrected chi connectivity index (χ0v) is 7.54. The number of aliphatic carboxylic acids is 1. The van der Waals surface area contributed by atoms with Gasteiger partial charge in [-0.2, -0.15) is 12.6 Å². The SMILES string of the molecule is O=C(O)CS.OCCOCCO. The Morgan fingerprint density at radius 3 is 1.75 bits per heavy atom. The zero-order valence-electron chi connectivity index (χ0n) is 6.64. The van der Waals surface area contributed by atoms with E-state index in [9.17, 15) is 4.79 Å². The average molecular weight is 198 g/mol. The van der Waals surface area contributed by atoms with Crippen LogP contribution in [0.4, 0.5) is 0 Å². The summed E-state index contributed by atoms with van der Waals surface area (Å²) in [5, 5.41) is 23.8. The fraction of sp³-hybridized carbons (Fsp3) is 0.833. The number of carboxylic acids is 1. The van der Waals surface area contributed by atoms with Crippen LogP contribution in [0, 0.1) is 0 Å². The van der Waals surface area contributed by atoms with E-state index in [2.05, 4.69) is 17.4 Å². The third-order valence-corrected chi connectivity index (χ3v) is 0.877. The summed E-state index contributed by atoms with van der Waals surface area (Å²) >= 11 is 3.42. The topological polar surface area (TPSA) is 87.0 Å². The molecule has 3 N–H and O–H groups in total. The highest BCUT2D eigenvalue weighted by Gasteiger charge is 1.81. The first-order valence-electron chi connectivity index (χ1n) is 3.31. The molecule has 0 amide bonds. The molecule has 74 valence electrons. The first kappa shape index (κ1) is 14.2. The summed E-state index contributed by atoms with van der Waals surface area (Å²) in [5.74, 6) is -0.965. The molecule has 0 atom stereocenters. The molecule has 0 unspecified atom stereocenters. The van der Waals surface area contributed by atoms with E-state index in [-0.39, 0.29) is 19.0 Å². The summed E-state index contributed by atoms with van der Waals surface area (Å²) in [5.41, 5.74) is 0. The third kappa shape index (κ3) is 22.6. The number of thiol groups is 1. The second kappa shape index (κ2) is 13.3. The average Bonchev–Trinajstić information content (AvgIpc) is 2.07. The summed E-state index contributed by atoms with van der Waals surface area (Å²) in [6, 6.07) is 0. The van der Waals surface area contributed by atoms with Gasteiger partial charge in [-0.25, -0.2) is 0 Å². The number of carboxylic acid groups (broad SMARTS) is 1. The molecule has 12 heavy (non-hydrogen) atoms. The molecule has 0 heterocycles. The van der Waals surface area contributed by atoms with Gasteiger partial charge in [-0.3, -0.25) is 4.79 Å². The Kier molecular flexibility index (Phi) is 15.8. The van der Waals surface area contributed by atoms with Crippen molar-refractivity contribution in [2.75, 3.05) is 32.2 Å². The Balaban J connectivity index is 0. The molecular formula is C6H14O5S. The van der Waals surface area contributed by atoms with Crippen molar-refractivity contribution in [3.05, 3.63) is 0 Å². The molecule has 0 aliphatic carbocycles. The third-order valence-electron chi connectivity index (χ3n) is 0.607. The normalized spacial score (nSPS) is 8.58. The second-order valence-corrected chi connectivity index (χ2v) is 1.93. The lowest BCUT2D eigenvalue weighted by Gasteiger charge is -1.94. The van der Waals surface area contributed by atoms with Gasteiger partial charge in [-0.1, -0.05) is 0 Å². The van der Waals surface area contributed by atoms with E-state index in [1.54, 1.807) is 0 Å². The van der Waals surface area contributed by atoms with Crippen LogP contribution in [-0.4, -0.2) is 53.5 Å². The van der Waals surface area contributed by atoms with Gasteiger partial charge in [-0.15, -0.1) is 0 Å². The van der Waals surface area contributed by atoms with Crippen molar-refractivity contribution >= 4 is 18.6 Å². The van der Waals surface area contributed by atoms with Gasteiger partial charge in [-0.05, 0) is 0 Å². The zero-order chi connectivity index (χ0) is 9.82. The van der Waals surface area contributed by atoms with Crippen LogP contribution in [0.1, 0.15) is 0 Å². The Bertz CT molecular complexity index is 93.9. The molecule has 5 nitrogen and oxygen atoms in total. The van der Waals surface area contributed by atoms with E-state index >= 15 is 0 Å². The Morgan fingerprint density at radius 1 is 1.25 bits per heavy atom. The van der Waals surface area contributed by atoms with Crippen molar-refractivity contribution in [3.8, 4) is 0 Å². The molecule has 0 aliphatic heterocycles. The predicted molar refractivity (Wildman–Crippen MR) is 46.5 cm³/mol. The predicted octanol–water partition coefficient (Wildman–Crippen LogP) is -1.01. The van der Waals surface area contributed by atoms with Crippen molar-refractivity contribution in [2.45, 2.75) is 0 Å². The van der Waals surface area contributed by atoms with Crippen molar-refractivity contribution < 1.29 is 24.9 Å². The number of hydrogen-bond donors (Lipinski definition) is 4. The number of ether oxygens (including phenoxy) is 1. The van der Waals surface area contributed by atoms with Crippen LogP contribution in [0.25, 0.3) is 0 Å². The maximum absolute atomic E-state index is 9.29. The van der Waals surface area contributed by atoms with Crippen LogP contribution in [0.15, 0.2) is 0 Å². The number of aliphatic hydroxyl groups is 2. The number of hydrogen-bond acceptors (Lipinski definition) is 5. The number of carbonyl (C=O) groups is 1. The van der Waals surface area contributed by atoms with Crippen molar-refractivity contribution in [1.82, 2.24) is 0 Å². The van der Waals surface area contributed by atoms with Crippen LogP contribution < -0.4 is 0 Å². The van der Waals surface area contributed by atoms with E-state index < -0.39 is 5.97 Å². The Morgan fingerprint density at radius 2 is 1.58 bits per heavy atom. The fourth-order valence-corrected chi connectivity index (χ4v) is 0.231. The van der Waals surface area contributed by atoms with Gasteiger partial charge in [0, 0.05) is 0 Å². The van der Waals surface area contributed by atoms with Gasteiger partial charge >= 0.3 is 5.97 Å². The van der Waals surface area contributed by atoms with Crippen LogP contribution in [0.2, 0.25) is 0 Å². The molecule has 0 aromatic rings. The summed E-state index contributed by atoms with van der Waals surface area (Å²) in [6.45, 7) is 0.696. The van der Waals surface area contributed by atoms with E-state index in [0.717, 1.165) is 0 Å². The van der Waals surface area contributed by atoms with Crippen LogP contribution in [-0.2, 0) is 9.53 Å². The van der Waals surface area contributed by atoms with Gasteiger partial charge in [0.1, 0.15) is 0 Å². The fourth-order valence-electron chi connectivity index (χ4n) is 0.231. The summed E-state index contributed by atoms with van der Waals surface area (Å²) in [4.78, 5) is 9.29. The van der Waals surface area contributed by atoms with Gasteiger partial charge in [0.15, 0.2) is 0 Å². The summed E-state index contributed by atoms with van der Waals surface area (Å²) in [7, 11) is 0. The van der Waals surface area contributed by atoms with Crippen molar-refractivity contribution in [1.29, 1.82) is 0 Å². The molecule has 0 aromatic carbocycles. The van der Waals surface area contributed by atoms with E-state index in [4.69, 9.17) is 15.3 Å². The van der Waals surface area contributed by atoms with Crippen LogP contribution in [0.5, 0.6) is 0 Å². The van der Waals surface area contributed by atoms with E-state index in [1.165, 1.54) is 0 Å². The molecule has 0 rings (SSSR count). The maximum Gasteiger partial charge on any atom is 0.313 e. The van der Waals surface area contributed by atoms with Crippen molar-refractivity contribution in [3.63, 3.8) is 0 Å². The highest BCUT2D eigenvalue weighted by atomic mass is 32.1.